The van der Waals surface area contributed by atoms with E-state index in [0.29, 0.717) is 12.1 Å². The number of carboxylic acid groups (broad SMARTS) is 1. The molecule has 0 spiro atoms. The average Bonchev–Trinajstić information content (AvgIpc) is 2.46. The summed E-state index contributed by atoms with van der Waals surface area (Å²) in [5.74, 6) is -0.884. The minimum absolute atomic E-state index is 0.183. The number of carbonyl (C=O) groups is 1. The van der Waals surface area contributed by atoms with Crippen LogP contribution in [0.5, 0.6) is 0 Å². The molecule has 2 aromatic carbocycles. The molecule has 1 atom stereocenters. The summed E-state index contributed by atoms with van der Waals surface area (Å²) in [5, 5.41) is 12.5. The quantitative estimate of drug-likeness (QED) is 0.862. The van der Waals surface area contributed by atoms with E-state index in [1.807, 2.05) is 30.3 Å². The molecule has 1 unspecified atom stereocenters. The number of rotatable bonds is 5. The monoisotopic (exact) mass is 255 g/mol. The number of benzene rings is 2. The first kappa shape index (κ1) is 13.3. The van der Waals surface area contributed by atoms with E-state index < -0.39 is 5.97 Å². The van der Waals surface area contributed by atoms with Crippen molar-refractivity contribution in [3.8, 4) is 0 Å². The summed E-state index contributed by atoms with van der Waals surface area (Å²) < 4.78 is 0. The highest BCUT2D eigenvalue weighted by Crippen LogP contribution is 2.14. The normalized spacial score (nSPS) is 12.1. The first-order valence-corrected chi connectivity index (χ1v) is 6.28. The van der Waals surface area contributed by atoms with Crippen LogP contribution in [0.1, 0.15) is 34.5 Å². The maximum absolute atomic E-state index is 11.1. The van der Waals surface area contributed by atoms with Gasteiger partial charge in [0.25, 0.3) is 0 Å². The first-order chi connectivity index (χ1) is 9.18. The third-order valence-corrected chi connectivity index (χ3v) is 3.15. The van der Waals surface area contributed by atoms with E-state index >= 15 is 0 Å². The first-order valence-electron chi connectivity index (χ1n) is 6.28. The van der Waals surface area contributed by atoms with Gasteiger partial charge in [0.05, 0.1) is 5.56 Å². The molecule has 0 saturated heterocycles. The molecule has 0 heterocycles. The Morgan fingerprint density at radius 1 is 1.11 bits per heavy atom. The van der Waals surface area contributed by atoms with Gasteiger partial charge in [-0.2, -0.15) is 0 Å². The zero-order chi connectivity index (χ0) is 13.7. The van der Waals surface area contributed by atoms with Crippen LogP contribution in [0.15, 0.2) is 54.6 Å². The molecule has 0 saturated carbocycles. The summed E-state index contributed by atoms with van der Waals surface area (Å²) in [4.78, 5) is 11.1. The summed E-state index contributed by atoms with van der Waals surface area (Å²) in [6.07, 6.45) is 0. The van der Waals surface area contributed by atoms with E-state index in [0.717, 1.165) is 5.56 Å². The van der Waals surface area contributed by atoms with Crippen molar-refractivity contribution in [1.82, 2.24) is 5.32 Å². The molecular formula is C16H17NO2. The molecule has 19 heavy (non-hydrogen) atoms. The highest BCUT2D eigenvalue weighted by Gasteiger charge is 2.10. The van der Waals surface area contributed by atoms with E-state index in [4.69, 9.17) is 5.11 Å². The van der Waals surface area contributed by atoms with Crippen molar-refractivity contribution in [3.63, 3.8) is 0 Å². The minimum atomic E-state index is -0.884. The van der Waals surface area contributed by atoms with Crippen LogP contribution < -0.4 is 5.32 Å². The Hall–Kier alpha value is -2.13. The van der Waals surface area contributed by atoms with Gasteiger partial charge in [0, 0.05) is 12.6 Å². The van der Waals surface area contributed by atoms with E-state index in [9.17, 15) is 4.79 Å². The van der Waals surface area contributed by atoms with Crippen molar-refractivity contribution >= 4 is 5.97 Å². The number of aromatic carboxylic acids is 1. The Bertz CT molecular complexity index is 552. The fourth-order valence-corrected chi connectivity index (χ4v) is 2.01. The molecule has 0 aliphatic rings. The van der Waals surface area contributed by atoms with Crippen molar-refractivity contribution < 1.29 is 9.90 Å². The fourth-order valence-electron chi connectivity index (χ4n) is 2.01. The van der Waals surface area contributed by atoms with Crippen LogP contribution >= 0.6 is 0 Å². The highest BCUT2D eigenvalue weighted by atomic mass is 16.4. The van der Waals surface area contributed by atoms with Gasteiger partial charge in [-0.15, -0.1) is 0 Å². The van der Waals surface area contributed by atoms with Crippen LogP contribution in [-0.4, -0.2) is 11.1 Å². The van der Waals surface area contributed by atoms with Gasteiger partial charge in [-0.3, -0.25) is 0 Å². The maximum atomic E-state index is 11.1. The molecule has 2 N–H and O–H groups in total. The molecule has 3 heteroatoms. The molecule has 2 rings (SSSR count). The molecular weight excluding hydrogens is 238 g/mol. The lowest BCUT2D eigenvalue weighted by Gasteiger charge is -2.15. The van der Waals surface area contributed by atoms with Crippen molar-refractivity contribution in [2.24, 2.45) is 0 Å². The van der Waals surface area contributed by atoms with E-state index in [1.54, 1.807) is 12.1 Å². The van der Waals surface area contributed by atoms with Crippen LogP contribution in [0, 0.1) is 0 Å². The molecule has 0 fully saturated rings. The van der Waals surface area contributed by atoms with E-state index in [-0.39, 0.29) is 6.04 Å². The second kappa shape index (κ2) is 6.16. The molecule has 0 amide bonds. The lowest BCUT2D eigenvalue weighted by Crippen LogP contribution is -2.19. The van der Waals surface area contributed by atoms with Gasteiger partial charge in [0.15, 0.2) is 0 Å². The predicted molar refractivity (Wildman–Crippen MR) is 75.1 cm³/mol. The summed E-state index contributed by atoms with van der Waals surface area (Å²) >= 11 is 0. The van der Waals surface area contributed by atoms with Gasteiger partial charge in [-0.25, -0.2) is 4.79 Å². The van der Waals surface area contributed by atoms with Gasteiger partial charge in [-0.05, 0) is 24.1 Å². The number of hydrogen-bond acceptors (Lipinski definition) is 2. The Labute approximate surface area is 112 Å². The summed E-state index contributed by atoms with van der Waals surface area (Å²) in [7, 11) is 0. The zero-order valence-corrected chi connectivity index (χ0v) is 10.8. The van der Waals surface area contributed by atoms with Crippen LogP contribution in [0.25, 0.3) is 0 Å². The second-order valence-electron chi connectivity index (χ2n) is 4.48. The Morgan fingerprint density at radius 2 is 1.74 bits per heavy atom. The lowest BCUT2D eigenvalue weighted by molar-refractivity contribution is 0.0695. The summed E-state index contributed by atoms with van der Waals surface area (Å²) in [5.41, 5.74) is 2.35. The molecule has 0 aliphatic carbocycles. The largest absolute Gasteiger partial charge is 0.478 e. The van der Waals surface area contributed by atoms with Crippen molar-refractivity contribution in [2.45, 2.75) is 19.5 Å². The number of hydrogen-bond donors (Lipinski definition) is 2. The fraction of sp³-hybridized carbons (Fsp3) is 0.188. The van der Waals surface area contributed by atoms with E-state index in [2.05, 4.69) is 24.4 Å². The van der Waals surface area contributed by atoms with Crippen molar-refractivity contribution in [3.05, 3.63) is 71.3 Å². The summed E-state index contributed by atoms with van der Waals surface area (Å²) in [6, 6.07) is 17.3. The second-order valence-corrected chi connectivity index (χ2v) is 4.48. The highest BCUT2D eigenvalue weighted by molar-refractivity contribution is 5.89. The molecule has 2 aromatic rings. The van der Waals surface area contributed by atoms with Crippen LogP contribution in [-0.2, 0) is 6.54 Å². The van der Waals surface area contributed by atoms with Gasteiger partial charge >= 0.3 is 5.97 Å². The Kier molecular flexibility index (Phi) is 4.31. The maximum Gasteiger partial charge on any atom is 0.336 e. The van der Waals surface area contributed by atoms with Gasteiger partial charge in [0.1, 0.15) is 0 Å². The van der Waals surface area contributed by atoms with E-state index in [1.165, 1.54) is 5.56 Å². The number of nitrogens with one attached hydrogen (secondary N) is 1. The van der Waals surface area contributed by atoms with Crippen molar-refractivity contribution in [2.75, 3.05) is 0 Å². The minimum Gasteiger partial charge on any atom is -0.478 e. The predicted octanol–water partition coefficient (Wildman–Crippen LogP) is 3.24. The summed E-state index contributed by atoms with van der Waals surface area (Å²) in [6.45, 7) is 2.61. The topological polar surface area (TPSA) is 49.3 Å². The van der Waals surface area contributed by atoms with Gasteiger partial charge in [-0.1, -0.05) is 48.5 Å². The van der Waals surface area contributed by atoms with Crippen molar-refractivity contribution in [1.29, 1.82) is 0 Å². The lowest BCUT2D eigenvalue weighted by atomic mass is 10.1. The molecule has 0 radical (unpaired) electrons. The number of carboxylic acids is 1. The molecule has 0 aromatic heterocycles. The Morgan fingerprint density at radius 3 is 2.42 bits per heavy atom. The van der Waals surface area contributed by atoms with Gasteiger partial charge < -0.3 is 10.4 Å². The molecule has 0 aliphatic heterocycles. The van der Waals surface area contributed by atoms with Crippen LogP contribution in [0.4, 0.5) is 0 Å². The van der Waals surface area contributed by atoms with Crippen LogP contribution in [0.2, 0.25) is 0 Å². The third-order valence-electron chi connectivity index (χ3n) is 3.15. The van der Waals surface area contributed by atoms with Gasteiger partial charge in [0.2, 0.25) is 0 Å². The zero-order valence-electron chi connectivity index (χ0n) is 10.8. The standard InChI is InChI=1S/C16H17NO2/c1-12(13-7-3-2-4-8-13)17-11-14-9-5-6-10-15(14)16(18)19/h2-10,12,17H,11H2,1H3,(H,18,19). The Balaban J connectivity index is 2.05. The smallest absolute Gasteiger partial charge is 0.336 e. The molecule has 98 valence electrons. The molecule has 0 bridgehead atoms. The molecule has 3 nitrogen and oxygen atoms in total. The van der Waals surface area contributed by atoms with Crippen LogP contribution in [0.3, 0.4) is 0 Å². The SMILES string of the molecule is CC(NCc1ccccc1C(=O)O)c1ccccc1. The average molecular weight is 255 g/mol. The third kappa shape index (κ3) is 3.42.